The number of nitrogens with zero attached hydrogens (tertiary/aromatic N) is 5. The molecule has 3 heterocycles. The van der Waals surface area contributed by atoms with E-state index in [1.807, 2.05) is 49.5 Å². The molecular formula is C31H28N6O5. The van der Waals surface area contributed by atoms with Gasteiger partial charge in [0.2, 0.25) is 0 Å². The van der Waals surface area contributed by atoms with Crippen LogP contribution in [-0.2, 0) is 22.7 Å². The van der Waals surface area contributed by atoms with E-state index >= 15 is 0 Å². The quantitative estimate of drug-likeness (QED) is 0.216. The van der Waals surface area contributed by atoms with Crippen molar-refractivity contribution >= 4 is 11.6 Å². The summed E-state index contributed by atoms with van der Waals surface area (Å²) >= 11 is 0. The van der Waals surface area contributed by atoms with Gasteiger partial charge >= 0.3 is 5.97 Å². The van der Waals surface area contributed by atoms with Gasteiger partial charge in [-0.3, -0.25) is 9.78 Å². The summed E-state index contributed by atoms with van der Waals surface area (Å²) in [6, 6.07) is 20.2. The molecule has 11 heteroatoms. The van der Waals surface area contributed by atoms with E-state index in [1.165, 1.54) is 18.7 Å². The van der Waals surface area contributed by atoms with Crippen LogP contribution in [-0.4, -0.2) is 47.9 Å². The second kappa shape index (κ2) is 12.2. The molecule has 4 N–H and O–H groups in total. The Kier molecular flexibility index (Phi) is 8.21. The van der Waals surface area contributed by atoms with Gasteiger partial charge in [-0.2, -0.15) is 10.4 Å². The first-order valence-electron chi connectivity index (χ1n) is 13.0. The van der Waals surface area contributed by atoms with E-state index in [2.05, 4.69) is 15.1 Å². The molecule has 0 spiro atoms. The van der Waals surface area contributed by atoms with Crippen LogP contribution in [0.2, 0.25) is 0 Å². The molecule has 0 radical (unpaired) electrons. The predicted molar refractivity (Wildman–Crippen MR) is 152 cm³/mol. The molecular weight excluding hydrogens is 536 g/mol. The molecule has 212 valence electrons. The van der Waals surface area contributed by atoms with Crippen molar-refractivity contribution in [2.45, 2.75) is 31.8 Å². The van der Waals surface area contributed by atoms with Crippen molar-refractivity contribution in [1.82, 2.24) is 19.6 Å². The molecule has 42 heavy (non-hydrogen) atoms. The van der Waals surface area contributed by atoms with Gasteiger partial charge in [0.25, 0.3) is 0 Å². The number of rotatable bonds is 11. The van der Waals surface area contributed by atoms with Crippen LogP contribution in [0.3, 0.4) is 0 Å². The van der Waals surface area contributed by atoms with E-state index in [-0.39, 0.29) is 6.61 Å². The summed E-state index contributed by atoms with van der Waals surface area (Å²) in [4.78, 5) is 20.3. The highest BCUT2D eigenvalue weighted by Gasteiger charge is 2.44. The molecule has 0 aliphatic rings. The first kappa shape index (κ1) is 28.4. The number of aliphatic carboxylic acids is 1. The summed E-state index contributed by atoms with van der Waals surface area (Å²) in [5, 5.41) is 33.1. The maximum absolute atomic E-state index is 12.1. The van der Waals surface area contributed by atoms with Crippen LogP contribution in [0.25, 0.3) is 16.8 Å². The fourth-order valence-electron chi connectivity index (χ4n) is 4.64. The molecule has 0 bridgehead atoms. The highest BCUT2D eigenvalue weighted by molar-refractivity contribution is 5.80. The molecule has 5 aromatic rings. The molecule has 2 aromatic carbocycles. The fourth-order valence-corrected chi connectivity index (χ4v) is 4.64. The van der Waals surface area contributed by atoms with Gasteiger partial charge in [0.15, 0.2) is 11.2 Å². The molecule has 0 aliphatic heterocycles. The number of aliphatic hydroxyl groups excluding tert-OH is 1. The van der Waals surface area contributed by atoms with Gasteiger partial charge in [0.1, 0.15) is 30.9 Å². The third kappa shape index (κ3) is 5.82. The van der Waals surface area contributed by atoms with Crippen LogP contribution < -0.4 is 10.5 Å². The third-order valence-electron chi connectivity index (χ3n) is 7.08. The van der Waals surface area contributed by atoms with E-state index in [9.17, 15) is 15.0 Å². The Balaban J connectivity index is 1.33. The Labute approximate surface area is 241 Å². The molecule has 0 amide bonds. The van der Waals surface area contributed by atoms with Crippen LogP contribution in [0, 0.1) is 18.3 Å². The second-order valence-corrected chi connectivity index (χ2v) is 9.82. The number of aromatic nitrogens is 4. The molecule has 0 fully saturated rings. The predicted octanol–water partition coefficient (Wildman–Crippen LogP) is 3.58. The zero-order valence-electron chi connectivity index (χ0n) is 22.7. The number of nitrogens with two attached hydrogens (primary N) is 1. The van der Waals surface area contributed by atoms with Crippen molar-refractivity contribution < 1.29 is 24.5 Å². The number of carboxylic acid groups (broad SMARTS) is 1. The topological polar surface area (TPSA) is 169 Å². The Morgan fingerprint density at radius 1 is 1.14 bits per heavy atom. The largest absolute Gasteiger partial charge is 0.489 e. The maximum atomic E-state index is 12.1. The molecule has 11 nitrogen and oxygen atoms in total. The van der Waals surface area contributed by atoms with Crippen LogP contribution in [0.1, 0.15) is 33.9 Å². The highest BCUT2D eigenvalue weighted by atomic mass is 16.5. The lowest BCUT2D eigenvalue weighted by Crippen LogP contribution is -2.56. The number of aliphatic hydroxyl groups is 1. The molecule has 3 aromatic heterocycles. The molecule has 5 rings (SSSR count). The highest BCUT2D eigenvalue weighted by Crippen LogP contribution is 2.32. The Hall–Kier alpha value is -5.15. The van der Waals surface area contributed by atoms with Crippen molar-refractivity contribution in [3.63, 3.8) is 0 Å². The third-order valence-corrected chi connectivity index (χ3v) is 7.08. The molecule has 0 saturated heterocycles. The standard InChI is InChI=1S/C31H28N6O5/c1-20-25(3-2-4-27(20)24-7-10-28-35-19-36-37(28)15-24)17-41-26-8-5-23(6-9-26)29(31(33,18-38)30(39)40)42-16-22-11-21(12-32)13-34-14-22/h2-11,13-15,19,29,38H,16-18,33H2,1H3,(H,39,40)/t29?,31-/m1/s1. The van der Waals surface area contributed by atoms with Crippen molar-refractivity contribution in [3.8, 4) is 22.9 Å². The first-order chi connectivity index (χ1) is 20.3. The smallest absolute Gasteiger partial charge is 0.329 e. The minimum absolute atomic E-state index is 0.0723. The zero-order chi connectivity index (χ0) is 29.7. The lowest BCUT2D eigenvalue weighted by Gasteiger charge is -2.32. The number of ether oxygens (including phenoxy) is 2. The average molecular weight is 565 g/mol. The van der Waals surface area contributed by atoms with Gasteiger partial charge < -0.3 is 25.4 Å². The molecule has 0 saturated carbocycles. The van der Waals surface area contributed by atoms with Crippen molar-refractivity contribution in [2.24, 2.45) is 5.73 Å². The number of carbonyl (C=O) groups is 1. The minimum Gasteiger partial charge on any atom is -0.489 e. The molecule has 2 atom stereocenters. The van der Waals surface area contributed by atoms with Crippen molar-refractivity contribution in [2.75, 3.05) is 6.61 Å². The van der Waals surface area contributed by atoms with Crippen LogP contribution in [0.4, 0.5) is 0 Å². The summed E-state index contributed by atoms with van der Waals surface area (Å²) in [5.74, 6) is -0.864. The Morgan fingerprint density at radius 2 is 1.95 bits per heavy atom. The van der Waals surface area contributed by atoms with Crippen LogP contribution in [0.15, 0.2) is 85.6 Å². The maximum Gasteiger partial charge on any atom is 0.329 e. The summed E-state index contributed by atoms with van der Waals surface area (Å²) in [6.45, 7) is 1.41. The number of pyridine rings is 2. The van der Waals surface area contributed by atoms with Gasteiger partial charge in [-0.15, -0.1) is 0 Å². The number of nitriles is 1. The minimum atomic E-state index is -2.12. The van der Waals surface area contributed by atoms with Crippen molar-refractivity contribution in [3.05, 3.63) is 113 Å². The Bertz CT molecular complexity index is 1760. The van der Waals surface area contributed by atoms with Gasteiger partial charge in [-0.25, -0.2) is 9.50 Å². The lowest BCUT2D eigenvalue weighted by atomic mass is 9.89. The monoisotopic (exact) mass is 564 g/mol. The normalized spacial score (nSPS) is 13.3. The number of fused-ring (bicyclic) bond motifs is 1. The van der Waals surface area contributed by atoms with Crippen LogP contribution >= 0.6 is 0 Å². The lowest BCUT2D eigenvalue weighted by molar-refractivity contribution is -0.154. The van der Waals surface area contributed by atoms with E-state index in [4.69, 9.17) is 20.5 Å². The van der Waals surface area contributed by atoms with Gasteiger partial charge in [0.05, 0.1) is 18.8 Å². The van der Waals surface area contributed by atoms with Gasteiger partial charge in [-0.1, -0.05) is 30.3 Å². The van der Waals surface area contributed by atoms with Crippen molar-refractivity contribution in [1.29, 1.82) is 5.26 Å². The molecule has 0 aliphatic carbocycles. The SMILES string of the molecule is Cc1c(COc2ccc(C(OCc3cncc(C#N)c3)[C@](N)(CO)C(=O)O)cc2)cccc1-c1ccc2ncnn2c1. The van der Waals surface area contributed by atoms with Crippen LogP contribution in [0.5, 0.6) is 5.75 Å². The summed E-state index contributed by atoms with van der Waals surface area (Å²) in [6.07, 6.45) is 5.16. The van der Waals surface area contributed by atoms with E-state index in [1.54, 1.807) is 34.8 Å². The number of hydrogen-bond acceptors (Lipinski definition) is 9. The molecule has 1 unspecified atom stereocenters. The number of hydrogen-bond donors (Lipinski definition) is 3. The van der Waals surface area contributed by atoms with E-state index in [0.29, 0.717) is 29.0 Å². The zero-order valence-corrected chi connectivity index (χ0v) is 22.7. The fraction of sp³-hybridized carbons (Fsp3) is 0.194. The van der Waals surface area contributed by atoms with Gasteiger partial charge in [0, 0.05) is 24.2 Å². The number of benzene rings is 2. The summed E-state index contributed by atoms with van der Waals surface area (Å²) < 4.78 is 13.7. The van der Waals surface area contributed by atoms with Gasteiger partial charge in [-0.05, 0) is 65.1 Å². The summed E-state index contributed by atoms with van der Waals surface area (Å²) in [5.41, 5.74) is 10.2. The average Bonchev–Trinajstić information content (AvgIpc) is 3.49. The number of carboxylic acids is 1. The summed E-state index contributed by atoms with van der Waals surface area (Å²) in [7, 11) is 0. The van der Waals surface area contributed by atoms with E-state index in [0.717, 1.165) is 27.9 Å². The van der Waals surface area contributed by atoms with E-state index < -0.39 is 24.2 Å². The second-order valence-electron chi connectivity index (χ2n) is 9.82. The first-order valence-corrected chi connectivity index (χ1v) is 13.0. The Morgan fingerprint density at radius 3 is 2.69 bits per heavy atom.